The molecule has 0 saturated carbocycles. The van der Waals surface area contributed by atoms with Crippen molar-refractivity contribution in [3.63, 3.8) is 0 Å². The van der Waals surface area contributed by atoms with Crippen LogP contribution >= 0.6 is 0 Å². The van der Waals surface area contributed by atoms with Gasteiger partial charge in [-0.3, -0.25) is 4.74 Å². The second kappa shape index (κ2) is 8.63. The van der Waals surface area contributed by atoms with E-state index in [0.29, 0.717) is 0 Å². The summed E-state index contributed by atoms with van der Waals surface area (Å²) in [6.07, 6.45) is -4.85. The Kier molecular flexibility index (Phi) is 8.66. The number of rotatable bonds is 6. The molecule has 0 atom stereocenters. The summed E-state index contributed by atoms with van der Waals surface area (Å²) < 4.78 is 86.1. The minimum atomic E-state index is -5.38. The molecular weight excluding hydrogens is 332 g/mol. The van der Waals surface area contributed by atoms with Crippen molar-refractivity contribution in [3.8, 4) is 11.5 Å². The number of ether oxygens (including phenoxy) is 3. The topological polar surface area (TPSA) is 27.7 Å². The van der Waals surface area contributed by atoms with Crippen LogP contribution in [0.2, 0.25) is 0 Å². The summed E-state index contributed by atoms with van der Waals surface area (Å²) in [6, 6.07) is 2.92. The molecule has 11 heteroatoms. The van der Waals surface area contributed by atoms with Gasteiger partial charge in [0.15, 0.2) is 0 Å². The third-order valence-corrected chi connectivity index (χ3v) is 2.18. The molecule has 0 aliphatic carbocycles. The third kappa shape index (κ3) is 7.75. The molecule has 0 fully saturated rings. The quantitative estimate of drug-likeness (QED) is 0.403. The molecule has 0 unspecified atom stereocenters. The fraction of sp³-hybridized carbons (Fsp3) is 0.400. The first-order valence-corrected chi connectivity index (χ1v) is 5.35. The van der Waals surface area contributed by atoms with Crippen molar-refractivity contribution in [2.24, 2.45) is 0 Å². The predicted octanol–water partition coefficient (Wildman–Crippen LogP) is -0.331. The van der Waals surface area contributed by atoms with E-state index in [9.17, 15) is 26.1 Å². The normalized spacial score (nSPS) is 11.8. The molecule has 0 N–H and O–H groups in total. The number of hydrogen-bond acceptors (Lipinski definition) is 3. The molecule has 114 valence electrons. The van der Waals surface area contributed by atoms with E-state index in [0.717, 1.165) is 12.1 Å². The van der Waals surface area contributed by atoms with Crippen LogP contribution in [0.5, 0.6) is 11.5 Å². The maximum atomic E-state index is 12.8. The van der Waals surface area contributed by atoms with Gasteiger partial charge in [0.05, 0.1) is 19.5 Å². The zero-order valence-electron chi connectivity index (χ0n) is 11.2. The summed E-state index contributed by atoms with van der Waals surface area (Å²) >= 11 is 0. The van der Waals surface area contributed by atoms with Gasteiger partial charge >= 0.3 is 64.7 Å². The number of methoxy groups -OCH3 is 1. The van der Waals surface area contributed by atoms with Gasteiger partial charge in [0, 0.05) is 0 Å². The summed E-state index contributed by atoms with van der Waals surface area (Å²) in [6.45, 7) is -6.94. The van der Waals surface area contributed by atoms with Gasteiger partial charge in [0.2, 0.25) is 0 Å². The molecule has 0 aliphatic rings. The molecule has 0 heterocycles. The Labute approximate surface area is 159 Å². The second-order valence-electron chi connectivity index (χ2n) is 3.62. The van der Waals surface area contributed by atoms with Crippen molar-refractivity contribution in [2.75, 3.05) is 20.3 Å². The number of hydrogen-bond donors (Lipinski definition) is 0. The summed E-state index contributed by atoms with van der Waals surface area (Å²) in [5.74, 6) is -0.595. The van der Waals surface area contributed by atoms with E-state index in [1.165, 1.54) is 13.2 Å². The standard InChI is InChI=1S/C10H10BF6O3.K/c1-18-7-2-3-9(8(6-7)11(15,16)17)19-4-5-20-10(12,13)14;/h2-3,6H,4-5H2,1H3;/q-1;+1. The molecule has 0 amide bonds. The number of halogens is 6. The Morgan fingerprint density at radius 2 is 1.71 bits per heavy atom. The van der Waals surface area contributed by atoms with E-state index < -0.39 is 37.8 Å². The fourth-order valence-electron chi connectivity index (χ4n) is 1.35. The molecule has 1 aromatic rings. The number of benzene rings is 1. The molecule has 0 aliphatic heterocycles. The van der Waals surface area contributed by atoms with Crippen molar-refractivity contribution in [3.05, 3.63) is 18.2 Å². The Morgan fingerprint density at radius 1 is 1.10 bits per heavy atom. The monoisotopic (exact) mass is 342 g/mol. The first kappa shape index (κ1) is 21.1. The zero-order valence-corrected chi connectivity index (χ0v) is 14.3. The first-order valence-electron chi connectivity index (χ1n) is 5.35. The van der Waals surface area contributed by atoms with Crippen LogP contribution in [0.3, 0.4) is 0 Å². The maximum Gasteiger partial charge on any atom is 1.00 e. The summed E-state index contributed by atoms with van der Waals surface area (Å²) in [7, 11) is 1.19. The van der Waals surface area contributed by atoms with Crippen molar-refractivity contribution in [2.45, 2.75) is 6.36 Å². The van der Waals surface area contributed by atoms with Crippen LogP contribution in [0.25, 0.3) is 0 Å². The van der Waals surface area contributed by atoms with Crippen LogP contribution in [0, 0.1) is 0 Å². The van der Waals surface area contributed by atoms with Crippen molar-refractivity contribution in [1.82, 2.24) is 0 Å². The molecular formula is C10H10BF6KO3. The summed E-state index contributed by atoms with van der Waals surface area (Å²) in [5, 5.41) is 0. The molecule has 0 aromatic heterocycles. The van der Waals surface area contributed by atoms with Crippen LogP contribution in [0.1, 0.15) is 0 Å². The van der Waals surface area contributed by atoms with E-state index in [1.807, 2.05) is 0 Å². The van der Waals surface area contributed by atoms with Crippen molar-refractivity contribution in [1.29, 1.82) is 0 Å². The molecule has 0 spiro atoms. The molecule has 1 aromatic carbocycles. The Hall–Kier alpha value is 0.0613. The van der Waals surface area contributed by atoms with Crippen LogP contribution in [-0.2, 0) is 4.74 Å². The number of alkyl halides is 3. The molecule has 0 radical (unpaired) electrons. The van der Waals surface area contributed by atoms with Gasteiger partial charge in [-0.05, 0) is 18.2 Å². The van der Waals surface area contributed by atoms with Gasteiger partial charge in [0.25, 0.3) is 0 Å². The van der Waals surface area contributed by atoms with Gasteiger partial charge in [-0.15, -0.1) is 13.2 Å². The first-order chi connectivity index (χ1) is 9.13. The van der Waals surface area contributed by atoms with E-state index in [-0.39, 0.29) is 57.1 Å². The van der Waals surface area contributed by atoms with Gasteiger partial charge < -0.3 is 22.4 Å². The van der Waals surface area contributed by atoms with Crippen LogP contribution in [0.15, 0.2) is 18.2 Å². The van der Waals surface area contributed by atoms with E-state index in [1.54, 1.807) is 0 Å². The molecule has 0 bridgehead atoms. The average Bonchev–Trinajstić information content (AvgIpc) is 2.32. The maximum absolute atomic E-state index is 12.8. The van der Waals surface area contributed by atoms with E-state index in [4.69, 9.17) is 0 Å². The molecule has 1 rings (SSSR count). The predicted molar refractivity (Wildman–Crippen MR) is 59.2 cm³/mol. The fourth-order valence-corrected chi connectivity index (χ4v) is 1.35. The SMILES string of the molecule is COc1ccc(OCCOC(F)(F)F)c([B-](F)(F)F)c1.[K+]. The zero-order chi connectivity index (χ0) is 15.4. The minimum absolute atomic E-state index is 0. The second-order valence-corrected chi connectivity index (χ2v) is 3.62. The Bertz CT molecular complexity index is 451. The van der Waals surface area contributed by atoms with Gasteiger partial charge in [-0.2, -0.15) is 0 Å². The Balaban J connectivity index is 0.00000400. The smallest absolute Gasteiger partial charge is 0.497 e. The van der Waals surface area contributed by atoms with Gasteiger partial charge in [-0.1, -0.05) is 5.46 Å². The van der Waals surface area contributed by atoms with E-state index in [2.05, 4.69) is 14.2 Å². The van der Waals surface area contributed by atoms with Crippen LogP contribution in [0.4, 0.5) is 26.1 Å². The van der Waals surface area contributed by atoms with Gasteiger partial charge in [-0.25, -0.2) is 0 Å². The Morgan fingerprint density at radius 3 is 2.19 bits per heavy atom. The summed E-state index contributed by atoms with van der Waals surface area (Å²) in [5.41, 5.74) is -1.07. The largest absolute Gasteiger partial charge is 1.00 e. The molecule has 21 heavy (non-hydrogen) atoms. The minimum Gasteiger partial charge on any atom is -0.497 e. The van der Waals surface area contributed by atoms with Gasteiger partial charge in [0.1, 0.15) is 12.4 Å². The van der Waals surface area contributed by atoms with E-state index >= 15 is 0 Å². The van der Waals surface area contributed by atoms with Crippen LogP contribution in [-0.4, -0.2) is 33.7 Å². The average molecular weight is 342 g/mol. The van der Waals surface area contributed by atoms with Crippen molar-refractivity contribution >= 4 is 12.4 Å². The van der Waals surface area contributed by atoms with Crippen LogP contribution < -0.4 is 66.3 Å². The van der Waals surface area contributed by atoms with Crippen molar-refractivity contribution < 1.29 is 91.7 Å². The molecule has 0 saturated heterocycles. The molecule has 3 nitrogen and oxygen atoms in total. The summed E-state index contributed by atoms with van der Waals surface area (Å²) in [4.78, 5) is 0. The third-order valence-electron chi connectivity index (χ3n) is 2.18.